The van der Waals surface area contributed by atoms with Crippen LogP contribution in [0.1, 0.15) is 59.8 Å². The minimum atomic E-state index is -2.91. The Hall–Kier alpha value is -0.780. The summed E-state index contributed by atoms with van der Waals surface area (Å²) in [6.45, 7) is 9.99. The van der Waals surface area contributed by atoms with Crippen molar-refractivity contribution in [1.29, 1.82) is 0 Å². The van der Waals surface area contributed by atoms with Crippen LogP contribution >= 0.6 is 0 Å². The normalized spacial score (nSPS) is 23.6. The summed E-state index contributed by atoms with van der Waals surface area (Å²) in [5.41, 5.74) is -0.120. The van der Waals surface area contributed by atoms with Gasteiger partial charge < -0.3 is 10.6 Å². The summed E-state index contributed by atoms with van der Waals surface area (Å²) in [5.74, 6) is 1.86. The molecular weight excluding hydrogens is 310 g/mol. The highest BCUT2D eigenvalue weighted by atomic mass is 32.2. The molecule has 2 atom stereocenters. The van der Waals surface area contributed by atoms with Crippen molar-refractivity contribution in [2.45, 2.75) is 65.8 Å². The van der Waals surface area contributed by atoms with Crippen molar-refractivity contribution in [2.75, 3.05) is 25.1 Å². The van der Waals surface area contributed by atoms with Gasteiger partial charge in [0.2, 0.25) is 0 Å². The number of guanidine groups is 1. The molecule has 0 bridgehead atoms. The molecule has 6 heteroatoms. The lowest BCUT2D eigenvalue weighted by molar-refractivity contribution is 0.323. The van der Waals surface area contributed by atoms with E-state index in [0.717, 1.165) is 18.4 Å². The molecule has 1 aliphatic rings. The molecule has 0 radical (unpaired) electrons. The zero-order valence-electron chi connectivity index (χ0n) is 15.5. The lowest BCUT2D eigenvalue weighted by Gasteiger charge is -2.29. The summed E-state index contributed by atoms with van der Waals surface area (Å²) in [7, 11) is -2.91. The van der Waals surface area contributed by atoms with E-state index in [4.69, 9.17) is 4.99 Å². The van der Waals surface area contributed by atoms with Crippen LogP contribution in [0, 0.1) is 11.3 Å². The van der Waals surface area contributed by atoms with Gasteiger partial charge in [0, 0.05) is 25.4 Å². The first-order chi connectivity index (χ1) is 10.6. The molecule has 0 aromatic carbocycles. The fourth-order valence-electron chi connectivity index (χ4n) is 2.91. The fraction of sp³-hybridized carbons (Fsp3) is 0.941. The number of hydrogen-bond donors (Lipinski definition) is 2. The largest absolute Gasteiger partial charge is 0.357 e. The number of rotatable bonds is 7. The maximum Gasteiger partial charge on any atom is 0.191 e. The Bertz CT molecular complexity index is 486. The monoisotopic (exact) mass is 345 g/mol. The minimum absolute atomic E-state index is 0.120. The van der Waals surface area contributed by atoms with Crippen LogP contribution in [0.3, 0.4) is 0 Å². The van der Waals surface area contributed by atoms with Crippen LogP contribution in [0.25, 0.3) is 0 Å². The lowest BCUT2D eigenvalue weighted by atomic mass is 9.87. The zero-order chi connectivity index (χ0) is 17.5. The molecule has 1 rings (SSSR count). The number of nitrogens with zero attached hydrogens (tertiary/aromatic N) is 1. The van der Waals surface area contributed by atoms with E-state index in [0.29, 0.717) is 19.0 Å². The molecule has 136 valence electrons. The van der Waals surface area contributed by atoms with Gasteiger partial charge in [-0.05, 0) is 37.5 Å². The van der Waals surface area contributed by atoms with Crippen molar-refractivity contribution < 1.29 is 8.42 Å². The molecule has 0 aromatic heterocycles. The Morgan fingerprint density at radius 2 is 2.00 bits per heavy atom. The second kappa shape index (κ2) is 8.90. The zero-order valence-corrected chi connectivity index (χ0v) is 16.3. The number of sulfone groups is 1. The van der Waals surface area contributed by atoms with E-state index in [-0.39, 0.29) is 11.2 Å². The Morgan fingerprint density at radius 1 is 1.30 bits per heavy atom. The SMILES string of the molecule is CCNC(=NCC(C)(C)CCS(C)(=O)=O)NC1CCCC(C)C1. The van der Waals surface area contributed by atoms with Crippen molar-refractivity contribution >= 4 is 15.8 Å². The van der Waals surface area contributed by atoms with E-state index in [1.165, 1.54) is 31.9 Å². The van der Waals surface area contributed by atoms with Gasteiger partial charge in [-0.3, -0.25) is 4.99 Å². The topological polar surface area (TPSA) is 70.6 Å². The van der Waals surface area contributed by atoms with Crippen molar-refractivity contribution in [3.05, 3.63) is 0 Å². The third kappa shape index (κ3) is 9.18. The smallest absolute Gasteiger partial charge is 0.191 e. The second-order valence-electron chi connectivity index (χ2n) is 7.85. The van der Waals surface area contributed by atoms with E-state index in [2.05, 4.69) is 38.3 Å². The lowest BCUT2D eigenvalue weighted by Crippen LogP contribution is -2.45. The molecule has 0 heterocycles. The molecule has 2 N–H and O–H groups in total. The average molecular weight is 346 g/mol. The van der Waals surface area contributed by atoms with Gasteiger partial charge in [-0.1, -0.05) is 33.6 Å². The van der Waals surface area contributed by atoms with E-state index in [9.17, 15) is 8.42 Å². The summed E-state index contributed by atoms with van der Waals surface area (Å²) < 4.78 is 22.7. The molecule has 1 fully saturated rings. The molecule has 0 spiro atoms. The maximum atomic E-state index is 11.4. The summed E-state index contributed by atoms with van der Waals surface area (Å²) >= 11 is 0. The molecule has 1 saturated carbocycles. The highest BCUT2D eigenvalue weighted by molar-refractivity contribution is 7.90. The van der Waals surface area contributed by atoms with Crippen molar-refractivity contribution in [2.24, 2.45) is 16.3 Å². The number of hydrogen-bond acceptors (Lipinski definition) is 3. The first-order valence-electron chi connectivity index (χ1n) is 8.84. The van der Waals surface area contributed by atoms with Gasteiger partial charge >= 0.3 is 0 Å². The van der Waals surface area contributed by atoms with E-state index < -0.39 is 9.84 Å². The molecule has 0 amide bonds. The van der Waals surface area contributed by atoms with E-state index >= 15 is 0 Å². The van der Waals surface area contributed by atoms with Gasteiger partial charge in [0.05, 0.1) is 5.75 Å². The summed E-state index contributed by atoms with van der Waals surface area (Å²) in [4.78, 5) is 4.70. The van der Waals surface area contributed by atoms with Crippen LogP contribution in [0.15, 0.2) is 4.99 Å². The quantitative estimate of drug-likeness (QED) is 0.549. The molecule has 2 unspecified atom stereocenters. The Labute approximate surface area is 142 Å². The summed E-state index contributed by atoms with van der Waals surface area (Å²) in [6.07, 6.45) is 6.92. The van der Waals surface area contributed by atoms with Gasteiger partial charge in [-0.15, -0.1) is 0 Å². The number of aliphatic imine (C=N–C) groups is 1. The fourth-order valence-corrected chi connectivity index (χ4v) is 3.84. The van der Waals surface area contributed by atoms with Crippen molar-refractivity contribution in [3.8, 4) is 0 Å². The van der Waals surface area contributed by atoms with Gasteiger partial charge in [0.25, 0.3) is 0 Å². The average Bonchev–Trinajstić information content (AvgIpc) is 2.43. The highest BCUT2D eigenvalue weighted by Crippen LogP contribution is 2.24. The van der Waals surface area contributed by atoms with Crippen LogP contribution in [-0.2, 0) is 9.84 Å². The standard InChI is InChI=1S/C17H35N3O2S/c1-6-18-16(20-15-9-7-8-14(2)12-15)19-13-17(3,4)10-11-23(5,21)22/h14-15H,6-13H2,1-5H3,(H2,18,19,20). The second-order valence-corrected chi connectivity index (χ2v) is 10.1. The van der Waals surface area contributed by atoms with Gasteiger partial charge in [0.1, 0.15) is 9.84 Å². The Balaban J connectivity index is 2.59. The van der Waals surface area contributed by atoms with Crippen LogP contribution < -0.4 is 10.6 Å². The molecule has 0 saturated heterocycles. The van der Waals surface area contributed by atoms with E-state index in [1.807, 2.05) is 0 Å². The number of nitrogens with one attached hydrogen (secondary N) is 2. The summed E-state index contributed by atoms with van der Waals surface area (Å²) in [5, 5.41) is 6.86. The van der Waals surface area contributed by atoms with Crippen molar-refractivity contribution in [1.82, 2.24) is 10.6 Å². The van der Waals surface area contributed by atoms with Crippen LogP contribution in [0.5, 0.6) is 0 Å². The van der Waals surface area contributed by atoms with Gasteiger partial charge in [0.15, 0.2) is 5.96 Å². The molecule has 5 nitrogen and oxygen atoms in total. The highest BCUT2D eigenvalue weighted by Gasteiger charge is 2.22. The van der Waals surface area contributed by atoms with Gasteiger partial charge in [-0.2, -0.15) is 0 Å². The maximum absolute atomic E-state index is 11.4. The Kier molecular flexibility index (Phi) is 7.84. The first-order valence-corrected chi connectivity index (χ1v) is 10.9. The third-order valence-electron chi connectivity index (χ3n) is 4.44. The molecule has 0 aliphatic heterocycles. The van der Waals surface area contributed by atoms with Crippen LogP contribution in [0.2, 0.25) is 0 Å². The predicted octanol–water partition coefficient (Wildman–Crippen LogP) is 2.58. The van der Waals surface area contributed by atoms with Crippen LogP contribution in [-0.4, -0.2) is 45.5 Å². The third-order valence-corrected chi connectivity index (χ3v) is 5.38. The predicted molar refractivity (Wildman–Crippen MR) is 98.6 cm³/mol. The van der Waals surface area contributed by atoms with Crippen molar-refractivity contribution in [3.63, 3.8) is 0 Å². The Morgan fingerprint density at radius 3 is 2.57 bits per heavy atom. The van der Waals surface area contributed by atoms with Crippen LogP contribution in [0.4, 0.5) is 0 Å². The molecule has 1 aliphatic carbocycles. The first kappa shape index (κ1) is 20.3. The van der Waals surface area contributed by atoms with E-state index in [1.54, 1.807) is 0 Å². The molecule has 0 aromatic rings. The summed E-state index contributed by atoms with van der Waals surface area (Å²) in [6, 6.07) is 0.496. The van der Waals surface area contributed by atoms with Gasteiger partial charge in [-0.25, -0.2) is 8.42 Å². The molecule has 23 heavy (non-hydrogen) atoms. The molecular formula is C17H35N3O2S. The minimum Gasteiger partial charge on any atom is -0.357 e.